The second-order valence-corrected chi connectivity index (χ2v) is 4.29. The molecule has 1 N–H and O–H groups in total. The van der Waals surface area contributed by atoms with Crippen molar-refractivity contribution in [2.45, 2.75) is 6.42 Å². The lowest BCUT2D eigenvalue weighted by molar-refractivity contribution is 0.862. The number of hydrogen-bond acceptors (Lipinski definition) is 3. The highest BCUT2D eigenvalue weighted by Gasteiger charge is 2.04. The Labute approximate surface area is 107 Å². The van der Waals surface area contributed by atoms with Crippen LogP contribution in [0, 0.1) is 0 Å². The molecule has 90 valence electrons. The van der Waals surface area contributed by atoms with Crippen LogP contribution in [0.4, 0.5) is 0 Å². The predicted molar refractivity (Wildman–Crippen MR) is 67.9 cm³/mol. The number of aromatic amines is 1. The normalized spacial score (nSPS) is 10.9. The summed E-state index contributed by atoms with van der Waals surface area (Å²) in [6, 6.07) is 9.23. The predicted octanol–water partition coefficient (Wildman–Crippen LogP) is 1.66. The van der Waals surface area contributed by atoms with E-state index in [1.165, 1.54) is 0 Å². The number of pyridine rings is 2. The third kappa shape index (κ3) is 2.00. The molecule has 3 aromatic heterocycles. The molecule has 0 unspecified atom stereocenters. The average Bonchev–Trinajstić information content (AvgIpc) is 2.73. The van der Waals surface area contributed by atoms with Crippen LogP contribution in [0.15, 0.2) is 41.3 Å². The summed E-state index contributed by atoms with van der Waals surface area (Å²) in [4.78, 5) is 19.1. The topological polar surface area (TPSA) is 63.1 Å². The molecule has 0 aromatic carbocycles. The number of fused-ring (bicyclic) bond motifs is 1. The van der Waals surface area contributed by atoms with E-state index < -0.39 is 0 Å². The maximum Gasteiger partial charge on any atom is 0.362 e. The minimum atomic E-state index is -0.350. The van der Waals surface area contributed by atoms with Crippen LogP contribution in [0.2, 0.25) is 5.15 Å². The summed E-state index contributed by atoms with van der Waals surface area (Å²) in [7, 11) is 0. The molecule has 0 amide bonds. The van der Waals surface area contributed by atoms with Gasteiger partial charge in [-0.15, -0.1) is 0 Å². The van der Waals surface area contributed by atoms with E-state index in [0.717, 1.165) is 11.3 Å². The summed E-state index contributed by atoms with van der Waals surface area (Å²) >= 11 is 5.74. The molecule has 0 saturated heterocycles. The molecule has 3 aromatic rings. The van der Waals surface area contributed by atoms with Crippen molar-refractivity contribution in [3.63, 3.8) is 0 Å². The minimum absolute atomic E-state index is 0.350. The summed E-state index contributed by atoms with van der Waals surface area (Å²) in [5.74, 6) is 0. The van der Waals surface area contributed by atoms with Crippen LogP contribution in [0.5, 0.6) is 0 Å². The molecule has 5 nitrogen and oxygen atoms in total. The lowest BCUT2D eigenvalue weighted by atomic mass is 10.1. The first-order valence-corrected chi connectivity index (χ1v) is 5.77. The highest BCUT2D eigenvalue weighted by atomic mass is 35.5. The molecular formula is C12H9ClN4O. The molecule has 3 rings (SSSR count). The Bertz CT molecular complexity index is 745. The number of halogens is 1. The van der Waals surface area contributed by atoms with Gasteiger partial charge in [0.1, 0.15) is 5.15 Å². The van der Waals surface area contributed by atoms with Gasteiger partial charge >= 0.3 is 5.69 Å². The smallest absolute Gasteiger partial charge is 0.244 e. The zero-order valence-electron chi connectivity index (χ0n) is 9.30. The van der Waals surface area contributed by atoms with Gasteiger partial charge in [-0.25, -0.2) is 19.4 Å². The van der Waals surface area contributed by atoms with E-state index in [1.54, 1.807) is 22.8 Å². The molecule has 0 spiro atoms. The van der Waals surface area contributed by atoms with Crippen molar-refractivity contribution in [1.29, 1.82) is 0 Å². The van der Waals surface area contributed by atoms with Crippen molar-refractivity contribution in [3.8, 4) is 0 Å². The number of nitrogens with zero attached hydrogens (tertiary/aromatic N) is 3. The lowest BCUT2D eigenvalue weighted by Gasteiger charge is -2.04. The Morgan fingerprint density at radius 2 is 2.17 bits per heavy atom. The molecule has 3 heterocycles. The molecule has 0 atom stereocenters. The van der Waals surface area contributed by atoms with Crippen molar-refractivity contribution >= 4 is 17.2 Å². The van der Waals surface area contributed by atoms with Gasteiger partial charge in [0.25, 0.3) is 0 Å². The van der Waals surface area contributed by atoms with Crippen molar-refractivity contribution in [2.24, 2.45) is 0 Å². The summed E-state index contributed by atoms with van der Waals surface area (Å²) in [5.41, 5.74) is 2.21. The van der Waals surface area contributed by atoms with Crippen LogP contribution in [-0.2, 0) is 6.42 Å². The quantitative estimate of drug-likeness (QED) is 0.713. The third-order valence-corrected chi connectivity index (χ3v) is 2.87. The fourth-order valence-corrected chi connectivity index (χ4v) is 1.95. The van der Waals surface area contributed by atoms with E-state index >= 15 is 0 Å². The van der Waals surface area contributed by atoms with Gasteiger partial charge in [-0.2, -0.15) is 4.98 Å². The van der Waals surface area contributed by atoms with Gasteiger partial charge in [0.15, 0.2) is 5.65 Å². The largest absolute Gasteiger partial charge is 0.362 e. The van der Waals surface area contributed by atoms with Crippen LogP contribution in [0.25, 0.3) is 5.65 Å². The van der Waals surface area contributed by atoms with Gasteiger partial charge in [0, 0.05) is 18.3 Å². The van der Waals surface area contributed by atoms with Gasteiger partial charge < -0.3 is 0 Å². The Morgan fingerprint density at radius 1 is 1.28 bits per heavy atom. The molecule has 0 aliphatic carbocycles. The van der Waals surface area contributed by atoms with Gasteiger partial charge in [0.2, 0.25) is 0 Å². The molecule has 0 fully saturated rings. The fraction of sp³-hybridized carbons (Fsp3) is 0.0833. The first kappa shape index (κ1) is 11.0. The van der Waals surface area contributed by atoms with Crippen LogP contribution < -0.4 is 5.69 Å². The molecule has 0 aliphatic rings. The summed E-state index contributed by atoms with van der Waals surface area (Å²) in [6.45, 7) is 0. The van der Waals surface area contributed by atoms with Crippen molar-refractivity contribution in [1.82, 2.24) is 19.6 Å². The van der Waals surface area contributed by atoms with E-state index in [-0.39, 0.29) is 5.69 Å². The van der Waals surface area contributed by atoms with Crippen molar-refractivity contribution in [2.75, 3.05) is 0 Å². The van der Waals surface area contributed by atoms with E-state index in [4.69, 9.17) is 11.6 Å². The molecule has 0 aliphatic heterocycles. The van der Waals surface area contributed by atoms with Gasteiger partial charge in [-0.05, 0) is 23.8 Å². The maximum atomic E-state index is 11.2. The highest BCUT2D eigenvalue weighted by Crippen LogP contribution is 2.11. The summed E-state index contributed by atoms with van der Waals surface area (Å²) < 4.78 is 1.68. The maximum absolute atomic E-state index is 11.2. The second kappa shape index (κ2) is 4.27. The summed E-state index contributed by atoms with van der Waals surface area (Å²) in [5, 5.41) is 3.13. The van der Waals surface area contributed by atoms with Crippen molar-refractivity contribution < 1.29 is 0 Å². The number of aromatic nitrogens is 4. The van der Waals surface area contributed by atoms with E-state index in [1.807, 2.05) is 18.2 Å². The SMILES string of the molecule is O=c1nc2cccc(Cc3ccc(Cl)nc3)n2[nH]1. The first-order valence-electron chi connectivity index (χ1n) is 5.39. The molecule has 0 saturated carbocycles. The molecule has 0 radical (unpaired) electrons. The fourth-order valence-electron chi connectivity index (χ4n) is 1.84. The molecule has 6 heteroatoms. The molecular weight excluding hydrogens is 252 g/mol. The Hall–Kier alpha value is -2.14. The monoisotopic (exact) mass is 260 g/mol. The number of hydrogen-bond donors (Lipinski definition) is 1. The third-order valence-electron chi connectivity index (χ3n) is 2.65. The minimum Gasteiger partial charge on any atom is -0.244 e. The number of nitrogens with one attached hydrogen (secondary N) is 1. The van der Waals surface area contributed by atoms with E-state index in [0.29, 0.717) is 17.2 Å². The van der Waals surface area contributed by atoms with Gasteiger partial charge in [-0.1, -0.05) is 23.7 Å². The Morgan fingerprint density at radius 3 is 2.94 bits per heavy atom. The Balaban J connectivity index is 2.04. The number of rotatable bonds is 2. The molecule has 18 heavy (non-hydrogen) atoms. The van der Waals surface area contributed by atoms with Gasteiger partial charge in [-0.3, -0.25) is 0 Å². The second-order valence-electron chi connectivity index (χ2n) is 3.91. The van der Waals surface area contributed by atoms with Crippen molar-refractivity contribution in [3.05, 3.63) is 63.4 Å². The van der Waals surface area contributed by atoms with Crippen LogP contribution in [0.1, 0.15) is 11.3 Å². The zero-order chi connectivity index (χ0) is 12.5. The van der Waals surface area contributed by atoms with Crippen LogP contribution >= 0.6 is 11.6 Å². The summed E-state index contributed by atoms with van der Waals surface area (Å²) in [6.07, 6.45) is 2.37. The van der Waals surface area contributed by atoms with E-state index in [2.05, 4.69) is 15.1 Å². The lowest BCUT2D eigenvalue weighted by Crippen LogP contribution is -2.05. The van der Waals surface area contributed by atoms with Crippen LogP contribution in [0.3, 0.4) is 0 Å². The van der Waals surface area contributed by atoms with Crippen LogP contribution in [-0.4, -0.2) is 19.6 Å². The number of H-pyrrole nitrogens is 1. The zero-order valence-corrected chi connectivity index (χ0v) is 10.1. The standard InChI is InChI=1S/C12H9ClN4O/c13-10-5-4-8(7-14-10)6-9-2-1-3-11-15-12(18)16-17(9)11/h1-5,7H,6H2,(H,16,18). The highest BCUT2D eigenvalue weighted by molar-refractivity contribution is 6.29. The Kier molecular flexibility index (Phi) is 2.60. The first-order chi connectivity index (χ1) is 8.72. The van der Waals surface area contributed by atoms with E-state index in [9.17, 15) is 4.79 Å². The molecule has 0 bridgehead atoms. The van der Waals surface area contributed by atoms with Gasteiger partial charge in [0.05, 0.1) is 0 Å². The average molecular weight is 261 g/mol.